The third-order valence-electron chi connectivity index (χ3n) is 5.65. The maximum atomic E-state index is 13.4. The van der Waals surface area contributed by atoms with Gasteiger partial charge in [0.05, 0.1) is 23.1 Å². The Morgan fingerprint density at radius 2 is 1.94 bits per heavy atom. The Kier molecular flexibility index (Phi) is 5.47. The molecule has 2 aromatic carbocycles. The van der Waals surface area contributed by atoms with Crippen LogP contribution in [-0.4, -0.2) is 27.4 Å². The fourth-order valence-electron chi connectivity index (χ4n) is 4.11. The third kappa shape index (κ3) is 3.92. The van der Waals surface area contributed by atoms with Crippen molar-refractivity contribution in [2.75, 3.05) is 10.2 Å². The van der Waals surface area contributed by atoms with Gasteiger partial charge in [-0.25, -0.2) is 4.98 Å². The van der Waals surface area contributed by atoms with Gasteiger partial charge in [0.1, 0.15) is 11.4 Å². The molecule has 0 bridgehead atoms. The van der Waals surface area contributed by atoms with Crippen LogP contribution in [0.4, 0.5) is 11.4 Å². The van der Waals surface area contributed by atoms with Crippen LogP contribution in [0, 0.1) is 0 Å². The summed E-state index contributed by atoms with van der Waals surface area (Å²) in [6, 6.07) is 14.0. The smallest absolute Gasteiger partial charge is 0.263 e. The zero-order chi connectivity index (χ0) is 23.1. The predicted molar refractivity (Wildman–Crippen MR) is 131 cm³/mol. The zero-order valence-electron chi connectivity index (χ0n) is 17.6. The minimum Gasteiger partial charge on any atom is -0.324 e. The van der Waals surface area contributed by atoms with Crippen LogP contribution < -0.4 is 15.8 Å². The van der Waals surface area contributed by atoms with Gasteiger partial charge in [0.25, 0.3) is 5.56 Å². The Morgan fingerprint density at radius 3 is 2.73 bits per heavy atom. The average Bonchev–Trinajstić information content (AvgIpc) is 3.17. The van der Waals surface area contributed by atoms with Gasteiger partial charge in [-0.1, -0.05) is 35.9 Å². The van der Waals surface area contributed by atoms with Gasteiger partial charge in [-0.15, -0.1) is 11.3 Å². The molecule has 9 heteroatoms. The van der Waals surface area contributed by atoms with E-state index in [0.717, 1.165) is 11.1 Å². The molecule has 1 unspecified atom stereocenters. The maximum absolute atomic E-state index is 13.4. The van der Waals surface area contributed by atoms with Crippen molar-refractivity contribution in [3.8, 4) is 11.1 Å². The van der Waals surface area contributed by atoms with Gasteiger partial charge in [-0.2, -0.15) is 0 Å². The third-order valence-corrected chi connectivity index (χ3v) is 6.79. The Balaban J connectivity index is 1.53. The molecule has 166 valence electrons. The highest BCUT2D eigenvalue weighted by molar-refractivity contribution is 7.17. The maximum Gasteiger partial charge on any atom is 0.263 e. The van der Waals surface area contributed by atoms with Crippen LogP contribution in [0.5, 0.6) is 0 Å². The Labute approximate surface area is 198 Å². The number of hydrogen-bond donors (Lipinski definition) is 1. The van der Waals surface area contributed by atoms with Crippen molar-refractivity contribution in [1.29, 1.82) is 0 Å². The van der Waals surface area contributed by atoms with Crippen molar-refractivity contribution in [2.24, 2.45) is 0 Å². The molecule has 7 nitrogen and oxygen atoms in total. The number of hydrogen-bond acceptors (Lipinski definition) is 5. The number of para-hydroxylation sites is 2. The van der Waals surface area contributed by atoms with E-state index in [0.29, 0.717) is 26.6 Å². The molecule has 0 saturated heterocycles. The lowest BCUT2D eigenvalue weighted by molar-refractivity contribution is -0.120. The first-order valence-electron chi connectivity index (χ1n) is 10.4. The molecule has 0 spiro atoms. The van der Waals surface area contributed by atoms with E-state index in [1.165, 1.54) is 22.2 Å². The fraction of sp³-hybridized carbons (Fsp3) is 0.167. The molecular formula is C24H19ClN4O3S. The lowest BCUT2D eigenvalue weighted by atomic mass is 10.1. The summed E-state index contributed by atoms with van der Waals surface area (Å²) in [4.78, 5) is 45.6. The Bertz CT molecular complexity index is 1440. The molecule has 0 fully saturated rings. The molecule has 0 radical (unpaired) electrons. The van der Waals surface area contributed by atoms with Crippen molar-refractivity contribution < 1.29 is 9.59 Å². The second-order valence-electron chi connectivity index (χ2n) is 7.90. The number of rotatable bonds is 3. The van der Waals surface area contributed by atoms with E-state index in [-0.39, 0.29) is 36.4 Å². The quantitative estimate of drug-likeness (QED) is 0.468. The highest BCUT2D eigenvalue weighted by Crippen LogP contribution is 2.33. The molecule has 0 saturated carbocycles. The normalized spacial score (nSPS) is 15.8. The number of nitrogens with one attached hydrogen (secondary N) is 1. The SMILES string of the molecule is CC1CC(=O)Nc2ccccc2N1C(=O)Cn1cnc2scc(-c3ccc(Cl)cc3)c2c1=O. The standard InChI is InChI=1S/C24H19ClN4O3S/c1-14-10-20(30)27-18-4-2-3-5-19(18)29(14)21(31)11-28-13-26-23-22(24(28)32)17(12-33-23)15-6-8-16(25)9-7-15/h2-9,12-14H,10-11H2,1H3,(H,27,30). The summed E-state index contributed by atoms with van der Waals surface area (Å²) in [5, 5.41) is 5.81. The van der Waals surface area contributed by atoms with Crippen molar-refractivity contribution in [1.82, 2.24) is 9.55 Å². The highest BCUT2D eigenvalue weighted by atomic mass is 35.5. The number of benzene rings is 2. The van der Waals surface area contributed by atoms with E-state index in [2.05, 4.69) is 10.3 Å². The molecular weight excluding hydrogens is 460 g/mol. The van der Waals surface area contributed by atoms with E-state index in [1.54, 1.807) is 35.2 Å². The van der Waals surface area contributed by atoms with Gasteiger partial charge >= 0.3 is 0 Å². The monoisotopic (exact) mass is 478 g/mol. The fourth-order valence-corrected chi connectivity index (χ4v) is 5.14. The molecule has 0 aliphatic carbocycles. The van der Waals surface area contributed by atoms with Crippen LogP contribution in [0.15, 0.2) is 65.0 Å². The predicted octanol–water partition coefficient (Wildman–Crippen LogP) is 4.54. The summed E-state index contributed by atoms with van der Waals surface area (Å²) in [6.45, 7) is 1.63. The van der Waals surface area contributed by atoms with E-state index in [4.69, 9.17) is 11.6 Å². The van der Waals surface area contributed by atoms with Gasteiger partial charge in [0, 0.05) is 28.4 Å². The van der Waals surface area contributed by atoms with Crippen molar-refractivity contribution in [3.63, 3.8) is 0 Å². The Morgan fingerprint density at radius 1 is 1.18 bits per heavy atom. The molecule has 2 aromatic heterocycles. The number of carbonyl (C=O) groups excluding carboxylic acids is 2. The van der Waals surface area contributed by atoms with Gasteiger partial charge in [0.15, 0.2) is 0 Å². The number of anilines is 2. The van der Waals surface area contributed by atoms with Crippen molar-refractivity contribution >= 4 is 56.3 Å². The minimum absolute atomic E-state index is 0.156. The Hall–Kier alpha value is -3.49. The molecule has 33 heavy (non-hydrogen) atoms. The minimum atomic E-state index is -0.362. The van der Waals surface area contributed by atoms with Gasteiger partial charge in [-0.3, -0.25) is 19.0 Å². The average molecular weight is 479 g/mol. The lowest BCUT2D eigenvalue weighted by Crippen LogP contribution is -2.42. The van der Waals surface area contributed by atoms with Gasteiger partial charge < -0.3 is 10.2 Å². The first kappa shape index (κ1) is 21.4. The molecule has 4 aromatic rings. The molecule has 1 N–H and O–H groups in total. The second kappa shape index (κ2) is 8.46. The molecule has 1 aliphatic heterocycles. The topological polar surface area (TPSA) is 84.3 Å². The van der Waals surface area contributed by atoms with Crippen LogP contribution in [0.1, 0.15) is 13.3 Å². The summed E-state index contributed by atoms with van der Waals surface area (Å²) in [6.07, 6.45) is 1.57. The van der Waals surface area contributed by atoms with Crippen molar-refractivity contribution in [3.05, 3.63) is 75.6 Å². The summed E-state index contributed by atoms with van der Waals surface area (Å²) in [5.74, 6) is -0.450. The number of carbonyl (C=O) groups is 2. The summed E-state index contributed by atoms with van der Waals surface area (Å²) < 4.78 is 1.33. The van der Waals surface area contributed by atoms with Crippen LogP contribution in [-0.2, 0) is 16.1 Å². The first-order chi connectivity index (χ1) is 15.9. The summed E-state index contributed by atoms with van der Waals surface area (Å²) in [7, 11) is 0. The number of aromatic nitrogens is 2. The number of amides is 2. The summed E-state index contributed by atoms with van der Waals surface area (Å²) in [5.41, 5.74) is 2.51. The number of fused-ring (bicyclic) bond motifs is 2. The van der Waals surface area contributed by atoms with Crippen LogP contribution >= 0.6 is 22.9 Å². The largest absolute Gasteiger partial charge is 0.324 e. The molecule has 5 rings (SSSR count). The van der Waals surface area contributed by atoms with E-state index < -0.39 is 0 Å². The molecule has 3 heterocycles. The number of nitrogens with zero attached hydrogens (tertiary/aromatic N) is 3. The second-order valence-corrected chi connectivity index (χ2v) is 9.19. The summed E-state index contributed by atoms with van der Waals surface area (Å²) >= 11 is 7.38. The van der Waals surface area contributed by atoms with E-state index in [9.17, 15) is 14.4 Å². The van der Waals surface area contributed by atoms with Crippen molar-refractivity contribution in [2.45, 2.75) is 25.9 Å². The molecule has 1 aliphatic rings. The number of thiophene rings is 1. The van der Waals surface area contributed by atoms with E-state index in [1.807, 2.05) is 30.5 Å². The van der Waals surface area contributed by atoms with Crippen LogP contribution in [0.3, 0.4) is 0 Å². The number of halogens is 1. The highest BCUT2D eigenvalue weighted by Gasteiger charge is 2.30. The first-order valence-corrected chi connectivity index (χ1v) is 11.6. The van der Waals surface area contributed by atoms with Gasteiger partial charge in [-0.05, 0) is 36.8 Å². The van der Waals surface area contributed by atoms with Crippen LogP contribution in [0.25, 0.3) is 21.3 Å². The zero-order valence-corrected chi connectivity index (χ0v) is 19.2. The molecule has 2 amide bonds. The van der Waals surface area contributed by atoms with Crippen LogP contribution in [0.2, 0.25) is 5.02 Å². The van der Waals surface area contributed by atoms with Gasteiger partial charge in [0.2, 0.25) is 11.8 Å². The molecule has 1 atom stereocenters. The van der Waals surface area contributed by atoms with E-state index >= 15 is 0 Å². The lowest BCUT2D eigenvalue weighted by Gasteiger charge is -2.28.